The maximum atomic E-state index is 13.8. The zero-order chi connectivity index (χ0) is 22.7. The first-order valence-corrected chi connectivity index (χ1v) is 11.4. The van der Waals surface area contributed by atoms with Crippen LogP contribution in [0.25, 0.3) is 10.2 Å². The molecule has 0 fully saturated rings. The van der Waals surface area contributed by atoms with Crippen molar-refractivity contribution in [3.8, 4) is 0 Å². The summed E-state index contributed by atoms with van der Waals surface area (Å²) in [5, 5.41) is 9.64. The number of aryl methyl sites for hydroxylation is 1. The number of carbonyl (C=O) groups is 2. The summed E-state index contributed by atoms with van der Waals surface area (Å²) in [4.78, 5) is 32.8. The maximum Gasteiger partial charge on any atom is 0.286 e. The van der Waals surface area contributed by atoms with E-state index in [1.165, 1.54) is 23.5 Å². The molecule has 164 valence electrons. The molecule has 0 spiro atoms. The molecule has 2 N–H and O–H groups in total. The van der Waals surface area contributed by atoms with Crippen LogP contribution in [0.4, 0.5) is 9.52 Å². The number of amides is 2. The molecule has 0 aliphatic carbocycles. The van der Waals surface area contributed by atoms with E-state index in [9.17, 15) is 14.0 Å². The molecule has 0 aliphatic rings. The molecular formula is C20H15ClFN5O3S2. The van der Waals surface area contributed by atoms with E-state index >= 15 is 0 Å². The molecule has 0 atom stereocenters. The molecule has 4 aromatic rings. The minimum Gasteiger partial charge on any atom is -0.344 e. The summed E-state index contributed by atoms with van der Waals surface area (Å²) in [6, 6.07) is 9.85. The fraction of sp³-hybridized carbons (Fsp3) is 0.150. The number of benzene rings is 2. The minimum atomic E-state index is -0.728. The normalized spacial score (nSPS) is 11.0. The van der Waals surface area contributed by atoms with Crippen molar-refractivity contribution in [2.24, 2.45) is 0 Å². The van der Waals surface area contributed by atoms with Crippen LogP contribution in [0.2, 0.25) is 5.02 Å². The molecule has 2 heterocycles. The number of thiazole rings is 1. The molecular weight excluding hydrogens is 477 g/mol. The van der Waals surface area contributed by atoms with Gasteiger partial charge in [-0.1, -0.05) is 52.0 Å². The number of aromatic nitrogens is 3. The molecule has 2 amide bonds. The Morgan fingerprint density at radius 2 is 2.09 bits per heavy atom. The lowest BCUT2D eigenvalue weighted by molar-refractivity contribution is -0.113. The van der Waals surface area contributed by atoms with Crippen molar-refractivity contribution in [2.75, 3.05) is 11.1 Å². The summed E-state index contributed by atoms with van der Waals surface area (Å²) in [5.74, 6) is -1.48. The van der Waals surface area contributed by atoms with E-state index in [0.717, 1.165) is 33.6 Å². The number of rotatable bonds is 7. The van der Waals surface area contributed by atoms with Gasteiger partial charge < -0.3 is 15.2 Å². The molecule has 0 radical (unpaired) electrons. The van der Waals surface area contributed by atoms with Gasteiger partial charge in [0.05, 0.1) is 33.1 Å². The lowest BCUT2D eigenvalue weighted by Gasteiger charge is -2.05. The van der Waals surface area contributed by atoms with E-state index in [-0.39, 0.29) is 39.8 Å². The van der Waals surface area contributed by atoms with Gasteiger partial charge in [-0.05, 0) is 36.8 Å². The highest BCUT2D eigenvalue weighted by Gasteiger charge is 2.17. The van der Waals surface area contributed by atoms with Gasteiger partial charge in [0.2, 0.25) is 5.91 Å². The maximum absolute atomic E-state index is 13.8. The van der Waals surface area contributed by atoms with E-state index in [1.807, 2.05) is 25.1 Å². The van der Waals surface area contributed by atoms with E-state index in [2.05, 4.69) is 25.8 Å². The van der Waals surface area contributed by atoms with Crippen molar-refractivity contribution in [2.45, 2.75) is 18.7 Å². The van der Waals surface area contributed by atoms with Crippen molar-refractivity contribution < 1.29 is 18.5 Å². The zero-order valence-electron chi connectivity index (χ0n) is 16.5. The first kappa shape index (κ1) is 22.2. The third-order valence-electron chi connectivity index (χ3n) is 4.16. The number of carbonyl (C=O) groups excluding carboxylic acids is 2. The Morgan fingerprint density at radius 3 is 2.91 bits per heavy atom. The van der Waals surface area contributed by atoms with Crippen LogP contribution in [-0.2, 0) is 11.3 Å². The number of hydrogen-bond donors (Lipinski definition) is 2. The first-order valence-electron chi connectivity index (χ1n) is 9.23. The quantitative estimate of drug-likeness (QED) is 0.368. The average Bonchev–Trinajstić information content (AvgIpc) is 3.36. The fourth-order valence-electron chi connectivity index (χ4n) is 2.70. The van der Waals surface area contributed by atoms with E-state index < -0.39 is 11.7 Å². The van der Waals surface area contributed by atoms with Gasteiger partial charge in [0, 0.05) is 0 Å². The number of halogens is 2. The van der Waals surface area contributed by atoms with Crippen LogP contribution in [-0.4, -0.2) is 32.7 Å². The third-order valence-corrected chi connectivity index (χ3v) is 6.23. The van der Waals surface area contributed by atoms with Crippen LogP contribution >= 0.6 is 34.7 Å². The van der Waals surface area contributed by atoms with E-state index in [4.69, 9.17) is 16.1 Å². The van der Waals surface area contributed by atoms with Crippen molar-refractivity contribution in [1.82, 2.24) is 20.4 Å². The molecule has 0 saturated carbocycles. The number of anilines is 1. The highest BCUT2D eigenvalue weighted by molar-refractivity contribution is 7.99. The molecule has 0 unspecified atom stereocenters. The first-order chi connectivity index (χ1) is 15.4. The summed E-state index contributed by atoms with van der Waals surface area (Å²) < 4.78 is 19.9. The average molecular weight is 492 g/mol. The predicted octanol–water partition coefficient (Wildman–Crippen LogP) is 4.44. The highest BCUT2D eigenvalue weighted by atomic mass is 35.5. The minimum absolute atomic E-state index is 0.00105. The predicted molar refractivity (Wildman–Crippen MR) is 121 cm³/mol. The van der Waals surface area contributed by atoms with Gasteiger partial charge in [0.1, 0.15) is 5.82 Å². The zero-order valence-corrected chi connectivity index (χ0v) is 18.9. The summed E-state index contributed by atoms with van der Waals surface area (Å²) in [6.45, 7) is 1.90. The van der Waals surface area contributed by atoms with Crippen molar-refractivity contribution in [3.63, 3.8) is 0 Å². The second kappa shape index (κ2) is 9.63. The smallest absolute Gasteiger partial charge is 0.286 e. The van der Waals surface area contributed by atoms with E-state index in [1.54, 1.807) is 0 Å². The topological polar surface area (TPSA) is 110 Å². The Morgan fingerprint density at radius 1 is 1.25 bits per heavy atom. The highest BCUT2D eigenvalue weighted by Crippen LogP contribution is 2.27. The van der Waals surface area contributed by atoms with Crippen LogP contribution in [0.1, 0.15) is 21.7 Å². The van der Waals surface area contributed by atoms with Crippen LogP contribution < -0.4 is 10.6 Å². The molecule has 2 aromatic carbocycles. The molecule has 12 heteroatoms. The number of nitrogens with zero attached hydrogens (tertiary/aromatic N) is 3. The molecule has 0 bridgehead atoms. The Bertz CT molecular complexity index is 1290. The van der Waals surface area contributed by atoms with Gasteiger partial charge >= 0.3 is 0 Å². The molecule has 0 aliphatic heterocycles. The second-order valence-corrected chi connectivity index (χ2v) is 8.95. The van der Waals surface area contributed by atoms with Crippen molar-refractivity contribution >= 4 is 61.9 Å². The SMILES string of the molecule is Cc1ccc2nc(NC(=O)CSc3nc(CNC(=O)c4c(F)cccc4Cl)no3)sc2c1. The van der Waals surface area contributed by atoms with Crippen LogP contribution in [0.15, 0.2) is 46.1 Å². The molecule has 32 heavy (non-hydrogen) atoms. The van der Waals surface area contributed by atoms with Crippen molar-refractivity contribution in [1.29, 1.82) is 0 Å². The molecule has 8 nitrogen and oxygen atoms in total. The third kappa shape index (κ3) is 5.23. The Balaban J connectivity index is 1.28. The van der Waals surface area contributed by atoms with Crippen LogP contribution in [0, 0.1) is 12.7 Å². The number of nitrogens with one attached hydrogen (secondary N) is 2. The van der Waals surface area contributed by atoms with Crippen LogP contribution in [0.5, 0.6) is 0 Å². The summed E-state index contributed by atoms with van der Waals surface area (Å²) in [7, 11) is 0. The molecule has 4 rings (SSSR count). The fourth-order valence-corrected chi connectivity index (χ4v) is 4.51. The molecule has 2 aromatic heterocycles. The Hall–Kier alpha value is -3.02. The van der Waals surface area contributed by atoms with Gasteiger partial charge in [0.15, 0.2) is 11.0 Å². The van der Waals surface area contributed by atoms with Gasteiger partial charge in [-0.3, -0.25) is 9.59 Å². The second-order valence-electron chi connectivity index (χ2n) is 6.58. The van der Waals surface area contributed by atoms with Crippen molar-refractivity contribution in [3.05, 3.63) is 64.2 Å². The van der Waals surface area contributed by atoms with Gasteiger partial charge in [-0.2, -0.15) is 4.98 Å². The van der Waals surface area contributed by atoms with Gasteiger partial charge in [-0.25, -0.2) is 9.37 Å². The van der Waals surface area contributed by atoms with Crippen LogP contribution in [0.3, 0.4) is 0 Å². The summed E-state index contributed by atoms with van der Waals surface area (Å²) in [5.41, 5.74) is 1.69. The van der Waals surface area contributed by atoms with Gasteiger partial charge in [-0.15, -0.1) is 0 Å². The Kier molecular flexibility index (Phi) is 6.68. The number of hydrogen-bond acceptors (Lipinski definition) is 8. The standard InChI is InChI=1S/C20H15ClFN5O3S2/c1-10-5-6-13-14(7-10)32-19(24-13)26-16(28)9-31-20-25-15(27-30-20)8-23-18(29)17-11(21)3-2-4-12(17)22/h2-7H,8-9H2,1H3,(H,23,29)(H,24,26,28). The lowest BCUT2D eigenvalue weighted by atomic mass is 10.2. The number of fused-ring (bicyclic) bond motifs is 1. The molecule has 0 saturated heterocycles. The summed E-state index contributed by atoms with van der Waals surface area (Å²) in [6.07, 6.45) is 0. The van der Waals surface area contributed by atoms with Gasteiger partial charge in [0.25, 0.3) is 11.1 Å². The number of thioether (sulfide) groups is 1. The summed E-state index contributed by atoms with van der Waals surface area (Å²) >= 11 is 8.31. The lowest BCUT2D eigenvalue weighted by Crippen LogP contribution is -2.24. The Labute approximate surface area is 194 Å². The monoisotopic (exact) mass is 491 g/mol. The van der Waals surface area contributed by atoms with E-state index in [0.29, 0.717) is 5.13 Å². The largest absolute Gasteiger partial charge is 0.344 e.